The summed E-state index contributed by atoms with van der Waals surface area (Å²) in [7, 11) is -2.20. The summed E-state index contributed by atoms with van der Waals surface area (Å²) >= 11 is 0. The molecule has 1 aromatic carbocycles. The van der Waals surface area contributed by atoms with Gasteiger partial charge in [-0.2, -0.15) is 4.31 Å². The number of rotatable bonds is 4. The number of fused-ring (bicyclic) bond motifs is 1. The molecule has 1 aromatic rings. The van der Waals surface area contributed by atoms with Gasteiger partial charge in [0, 0.05) is 19.2 Å². The van der Waals surface area contributed by atoms with E-state index in [0.717, 1.165) is 4.31 Å². The van der Waals surface area contributed by atoms with Crippen LogP contribution in [-0.2, 0) is 10.0 Å². The highest BCUT2D eigenvalue weighted by molar-refractivity contribution is 7.89. The van der Waals surface area contributed by atoms with Crippen LogP contribution in [0.15, 0.2) is 23.1 Å². The Bertz CT molecular complexity index is 542. The molecule has 0 bridgehead atoms. The molecule has 0 radical (unpaired) electrons. The van der Waals surface area contributed by atoms with Crippen LogP contribution in [0.1, 0.15) is 6.92 Å². The van der Waals surface area contributed by atoms with Crippen LogP contribution in [0.4, 0.5) is 0 Å². The molecule has 1 heterocycles. The molecule has 100 valence electrons. The topological polar surface area (TPSA) is 76.1 Å². The molecule has 1 aliphatic rings. The molecule has 0 saturated carbocycles. The standard InChI is InChI=1S/C11H15NO5S/c1-8(6-13)12(2)18(14,15)9-3-4-10-11(5-9)17-7-16-10/h3-5,8,13H,6-7H2,1-2H3/t8-/m1/s1. The molecule has 0 saturated heterocycles. The lowest BCUT2D eigenvalue weighted by Crippen LogP contribution is -2.37. The van der Waals surface area contributed by atoms with Crippen molar-refractivity contribution < 1.29 is 23.0 Å². The van der Waals surface area contributed by atoms with E-state index in [1.54, 1.807) is 13.0 Å². The zero-order valence-corrected chi connectivity index (χ0v) is 11.0. The fraction of sp³-hybridized carbons (Fsp3) is 0.455. The van der Waals surface area contributed by atoms with E-state index < -0.39 is 16.1 Å². The quantitative estimate of drug-likeness (QED) is 0.860. The number of benzene rings is 1. The minimum absolute atomic E-state index is 0.0989. The minimum Gasteiger partial charge on any atom is -0.454 e. The monoisotopic (exact) mass is 273 g/mol. The van der Waals surface area contributed by atoms with Gasteiger partial charge < -0.3 is 14.6 Å². The zero-order chi connectivity index (χ0) is 13.3. The first-order valence-corrected chi connectivity index (χ1v) is 6.89. The number of hydrogen-bond acceptors (Lipinski definition) is 5. The maximum atomic E-state index is 12.3. The molecule has 7 heteroatoms. The molecule has 0 aliphatic carbocycles. The van der Waals surface area contributed by atoms with Crippen molar-refractivity contribution in [1.82, 2.24) is 4.31 Å². The van der Waals surface area contributed by atoms with Crippen molar-refractivity contribution in [3.05, 3.63) is 18.2 Å². The van der Waals surface area contributed by atoms with Crippen molar-refractivity contribution >= 4 is 10.0 Å². The summed E-state index contributed by atoms with van der Waals surface area (Å²) in [5.74, 6) is 0.952. The van der Waals surface area contributed by atoms with Gasteiger partial charge in [-0.3, -0.25) is 0 Å². The number of ether oxygens (including phenoxy) is 2. The van der Waals surface area contributed by atoms with Crippen LogP contribution in [0.25, 0.3) is 0 Å². The molecule has 0 amide bonds. The molecule has 1 N–H and O–H groups in total. The molecule has 1 aliphatic heterocycles. The molecule has 0 fully saturated rings. The lowest BCUT2D eigenvalue weighted by atomic mass is 10.3. The first kappa shape index (κ1) is 13.1. The lowest BCUT2D eigenvalue weighted by Gasteiger charge is -2.22. The lowest BCUT2D eigenvalue weighted by molar-refractivity contribution is 0.174. The number of sulfonamides is 1. The summed E-state index contributed by atoms with van der Waals surface area (Å²) in [6, 6.07) is 3.97. The van der Waals surface area contributed by atoms with E-state index in [9.17, 15) is 8.42 Å². The van der Waals surface area contributed by atoms with Gasteiger partial charge in [0.05, 0.1) is 11.5 Å². The molecular weight excluding hydrogens is 258 g/mol. The second-order valence-corrected chi connectivity index (χ2v) is 6.07. The Labute approximate surface area is 106 Å². The second kappa shape index (κ2) is 4.75. The SMILES string of the molecule is C[C@H](CO)N(C)S(=O)(=O)c1ccc2c(c1)OCO2. The van der Waals surface area contributed by atoms with Crippen LogP contribution < -0.4 is 9.47 Å². The van der Waals surface area contributed by atoms with E-state index in [4.69, 9.17) is 14.6 Å². The maximum absolute atomic E-state index is 12.3. The highest BCUT2D eigenvalue weighted by atomic mass is 32.2. The number of likely N-dealkylation sites (N-methyl/N-ethyl adjacent to an activating group) is 1. The third-order valence-corrected chi connectivity index (χ3v) is 4.87. The van der Waals surface area contributed by atoms with Crippen LogP contribution >= 0.6 is 0 Å². The number of aliphatic hydroxyl groups is 1. The average Bonchev–Trinajstić information content (AvgIpc) is 2.83. The van der Waals surface area contributed by atoms with Gasteiger partial charge in [-0.05, 0) is 19.1 Å². The fourth-order valence-electron chi connectivity index (χ4n) is 1.56. The Morgan fingerprint density at radius 3 is 2.72 bits per heavy atom. The molecular formula is C11H15NO5S. The highest BCUT2D eigenvalue weighted by Gasteiger charge is 2.27. The Morgan fingerprint density at radius 2 is 2.06 bits per heavy atom. The van der Waals surface area contributed by atoms with Gasteiger partial charge in [-0.25, -0.2) is 8.42 Å². The van der Waals surface area contributed by atoms with Crippen molar-refractivity contribution in [2.45, 2.75) is 17.9 Å². The van der Waals surface area contributed by atoms with Crippen LogP contribution in [0.5, 0.6) is 11.5 Å². The normalized spacial score (nSPS) is 16.0. The molecule has 0 unspecified atom stereocenters. The number of hydrogen-bond donors (Lipinski definition) is 1. The first-order valence-electron chi connectivity index (χ1n) is 5.45. The third kappa shape index (κ3) is 2.16. The largest absolute Gasteiger partial charge is 0.454 e. The predicted octanol–water partition coefficient (Wildman–Crippen LogP) is 0.417. The Morgan fingerprint density at radius 1 is 1.39 bits per heavy atom. The van der Waals surface area contributed by atoms with E-state index in [-0.39, 0.29) is 18.3 Å². The summed E-state index contributed by atoms with van der Waals surface area (Å²) in [5, 5.41) is 9.02. The molecule has 6 nitrogen and oxygen atoms in total. The van der Waals surface area contributed by atoms with Crippen molar-refractivity contribution in [3.8, 4) is 11.5 Å². The van der Waals surface area contributed by atoms with Gasteiger partial charge in [-0.15, -0.1) is 0 Å². The number of aliphatic hydroxyl groups excluding tert-OH is 1. The van der Waals surface area contributed by atoms with E-state index in [1.807, 2.05) is 0 Å². The van der Waals surface area contributed by atoms with Gasteiger partial charge in [0.1, 0.15) is 0 Å². The number of nitrogens with zero attached hydrogens (tertiary/aromatic N) is 1. The second-order valence-electron chi connectivity index (χ2n) is 4.07. The molecule has 18 heavy (non-hydrogen) atoms. The van der Waals surface area contributed by atoms with E-state index >= 15 is 0 Å². The summed E-state index contributed by atoms with van der Waals surface area (Å²) in [6.45, 7) is 1.49. The van der Waals surface area contributed by atoms with E-state index in [2.05, 4.69) is 0 Å². The minimum atomic E-state index is -3.63. The van der Waals surface area contributed by atoms with Gasteiger partial charge in [-0.1, -0.05) is 0 Å². The molecule has 1 atom stereocenters. The summed E-state index contributed by atoms with van der Waals surface area (Å²) in [6.07, 6.45) is 0. The Kier molecular flexibility index (Phi) is 3.47. The third-order valence-electron chi connectivity index (χ3n) is 2.91. The predicted molar refractivity (Wildman–Crippen MR) is 64.1 cm³/mol. The molecule has 0 aromatic heterocycles. The van der Waals surface area contributed by atoms with Gasteiger partial charge in [0.2, 0.25) is 16.8 Å². The Balaban J connectivity index is 2.36. The molecule has 2 rings (SSSR count). The average molecular weight is 273 g/mol. The summed E-state index contributed by atoms with van der Waals surface area (Å²) in [5.41, 5.74) is 0. The van der Waals surface area contributed by atoms with Gasteiger partial charge >= 0.3 is 0 Å². The van der Waals surface area contributed by atoms with Gasteiger partial charge in [0.15, 0.2) is 11.5 Å². The summed E-state index contributed by atoms with van der Waals surface area (Å²) < 4.78 is 35.9. The van der Waals surface area contributed by atoms with Gasteiger partial charge in [0.25, 0.3) is 0 Å². The smallest absolute Gasteiger partial charge is 0.243 e. The van der Waals surface area contributed by atoms with E-state index in [1.165, 1.54) is 19.2 Å². The first-order chi connectivity index (χ1) is 8.46. The fourth-order valence-corrected chi connectivity index (χ4v) is 2.92. The zero-order valence-electron chi connectivity index (χ0n) is 10.2. The van der Waals surface area contributed by atoms with Crippen molar-refractivity contribution in [3.63, 3.8) is 0 Å². The van der Waals surface area contributed by atoms with Crippen LogP contribution in [0.2, 0.25) is 0 Å². The van der Waals surface area contributed by atoms with Crippen LogP contribution in [-0.4, -0.2) is 44.3 Å². The molecule has 0 spiro atoms. The van der Waals surface area contributed by atoms with Crippen molar-refractivity contribution in [2.75, 3.05) is 20.4 Å². The maximum Gasteiger partial charge on any atom is 0.243 e. The highest BCUT2D eigenvalue weighted by Crippen LogP contribution is 2.34. The summed E-state index contributed by atoms with van der Waals surface area (Å²) in [4.78, 5) is 0.120. The van der Waals surface area contributed by atoms with Crippen molar-refractivity contribution in [1.29, 1.82) is 0 Å². The van der Waals surface area contributed by atoms with Crippen LogP contribution in [0.3, 0.4) is 0 Å². The van der Waals surface area contributed by atoms with E-state index in [0.29, 0.717) is 11.5 Å². The van der Waals surface area contributed by atoms with Crippen LogP contribution in [0, 0.1) is 0 Å². The Hall–Kier alpha value is -1.31. The van der Waals surface area contributed by atoms with Crippen molar-refractivity contribution in [2.24, 2.45) is 0 Å².